The van der Waals surface area contributed by atoms with Crippen LogP contribution >= 0.6 is 0 Å². The Morgan fingerprint density at radius 2 is 2.36 bits per heavy atom. The van der Waals surface area contributed by atoms with Gasteiger partial charge >= 0.3 is 0 Å². The van der Waals surface area contributed by atoms with E-state index in [1.807, 2.05) is 17.9 Å². The summed E-state index contributed by atoms with van der Waals surface area (Å²) < 4.78 is 13.4. The van der Waals surface area contributed by atoms with Crippen LogP contribution in [0.4, 0.5) is 0 Å². The molecule has 22 heavy (non-hydrogen) atoms. The lowest BCUT2D eigenvalue weighted by Gasteiger charge is -2.19. The largest absolute Gasteiger partial charge is 0.492 e. The van der Waals surface area contributed by atoms with E-state index < -0.39 is 0 Å². The standard InChI is InChI=1S/C17H21N3O2/c1-19-8-13(7-18-19)9-20-10-15(20)12-22-17-4-2-3-14-11-21-6-5-16(14)17/h2-4,7-8,15H,5-6,9-12H2,1H3. The molecule has 1 aromatic heterocycles. The summed E-state index contributed by atoms with van der Waals surface area (Å²) in [7, 11) is 1.95. The molecule has 1 saturated heterocycles. The van der Waals surface area contributed by atoms with Gasteiger partial charge in [-0.2, -0.15) is 5.10 Å². The number of hydrogen-bond acceptors (Lipinski definition) is 4. The minimum Gasteiger partial charge on any atom is -0.492 e. The second kappa shape index (κ2) is 5.74. The summed E-state index contributed by atoms with van der Waals surface area (Å²) in [4.78, 5) is 2.41. The van der Waals surface area contributed by atoms with Gasteiger partial charge in [0.25, 0.3) is 0 Å². The summed E-state index contributed by atoms with van der Waals surface area (Å²) in [5.41, 5.74) is 3.86. The Hall–Kier alpha value is -1.85. The van der Waals surface area contributed by atoms with E-state index in [0.29, 0.717) is 12.6 Å². The van der Waals surface area contributed by atoms with Gasteiger partial charge in [0.15, 0.2) is 0 Å². The molecule has 3 heterocycles. The van der Waals surface area contributed by atoms with Crippen LogP contribution in [0.2, 0.25) is 0 Å². The van der Waals surface area contributed by atoms with Crippen LogP contribution in [0.1, 0.15) is 16.7 Å². The van der Waals surface area contributed by atoms with Crippen molar-refractivity contribution < 1.29 is 9.47 Å². The minimum absolute atomic E-state index is 0.524. The number of aromatic nitrogens is 2. The Bertz CT molecular complexity index is 668. The van der Waals surface area contributed by atoms with E-state index in [-0.39, 0.29) is 0 Å². The average Bonchev–Trinajstić information content (AvgIpc) is 3.15. The van der Waals surface area contributed by atoms with Crippen molar-refractivity contribution in [1.82, 2.24) is 14.7 Å². The normalized spacial score (nSPS) is 23.1. The van der Waals surface area contributed by atoms with E-state index in [2.05, 4.69) is 34.4 Å². The zero-order valence-corrected chi connectivity index (χ0v) is 12.9. The molecule has 5 heteroatoms. The smallest absolute Gasteiger partial charge is 0.123 e. The molecule has 0 N–H and O–H groups in total. The zero-order valence-electron chi connectivity index (χ0n) is 12.9. The molecule has 0 spiro atoms. The van der Waals surface area contributed by atoms with Crippen LogP contribution in [0.5, 0.6) is 5.75 Å². The van der Waals surface area contributed by atoms with Gasteiger partial charge in [0.05, 0.1) is 25.5 Å². The highest BCUT2D eigenvalue weighted by molar-refractivity contribution is 5.41. The van der Waals surface area contributed by atoms with Crippen LogP contribution in [-0.2, 0) is 31.4 Å². The molecule has 0 aliphatic carbocycles. The van der Waals surface area contributed by atoms with Crippen molar-refractivity contribution in [3.8, 4) is 5.75 Å². The van der Waals surface area contributed by atoms with Crippen molar-refractivity contribution in [2.24, 2.45) is 7.05 Å². The molecule has 2 atom stereocenters. The average molecular weight is 299 g/mol. The van der Waals surface area contributed by atoms with Gasteiger partial charge in [-0.05, 0) is 18.1 Å². The van der Waals surface area contributed by atoms with Gasteiger partial charge < -0.3 is 9.47 Å². The molecule has 2 aliphatic heterocycles. The minimum atomic E-state index is 0.524. The maximum absolute atomic E-state index is 6.08. The highest BCUT2D eigenvalue weighted by atomic mass is 16.5. The fourth-order valence-corrected chi connectivity index (χ4v) is 3.07. The highest BCUT2D eigenvalue weighted by Gasteiger charge is 2.34. The molecule has 2 aliphatic rings. The zero-order chi connectivity index (χ0) is 14.9. The number of rotatable bonds is 5. The predicted octanol–water partition coefficient (Wildman–Crippen LogP) is 1.76. The van der Waals surface area contributed by atoms with Crippen molar-refractivity contribution in [2.75, 3.05) is 19.8 Å². The van der Waals surface area contributed by atoms with Gasteiger partial charge in [-0.3, -0.25) is 9.58 Å². The number of benzene rings is 1. The number of fused-ring (bicyclic) bond motifs is 1. The lowest BCUT2D eigenvalue weighted by atomic mass is 10.0. The van der Waals surface area contributed by atoms with Crippen molar-refractivity contribution in [1.29, 1.82) is 0 Å². The van der Waals surface area contributed by atoms with Gasteiger partial charge in [-0.1, -0.05) is 12.1 Å². The lowest BCUT2D eigenvalue weighted by molar-refractivity contribution is 0.109. The first-order chi connectivity index (χ1) is 10.8. The number of aryl methyl sites for hydroxylation is 1. The SMILES string of the molecule is Cn1cc(CN2CC2COc2cccc3c2CCOC3)cn1. The molecule has 4 rings (SSSR count). The van der Waals surface area contributed by atoms with E-state index >= 15 is 0 Å². The third-order valence-electron chi connectivity index (χ3n) is 4.39. The Kier molecular flexibility index (Phi) is 3.60. The Balaban J connectivity index is 1.33. The lowest BCUT2D eigenvalue weighted by Crippen LogP contribution is -2.15. The van der Waals surface area contributed by atoms with Crippen molar-refractivity contribution in [2.45, 2.75) is 25.6 Å². The van der Waals surface area contributed by atoms with E-state index in [9.17, 15) is 0 Å². The van der Waals surface area contributed by atoms with Gasteiger partial charge in [0.2, 0.25) is 0 Å². The summed E-state index contributed by atoms with van der Waals surface area (Å²) >= 11 is 0. The first-order valence-corrected chi connectivity index (χ1v) is 7.82. The van der Waals surface area contributed by atoms with E-state index in [4.69, 9.17) is 9.47 Å². The molecule has 5 nitrogen and oxygen atoms in total. The maximum Gasteiger partial charge on any atom is 0.123 e. The Morgan fingerprint density at radius 1 is 1.41 bits per heavy atom. The highest BCUT2D eigenvalue weighted by Crippen LogP contribution is 2.28. The quantitative estimate of drug-likeness (QED) is 0.789. The topological polar surface area (TPSA) is 39.3 Å². The third kappa shape index (κ3) is 2.87. The molecule has 0 bridgehead atoms. The van der Waals surface area contributed by atoms with Crippen molar-refractivity contribution in [3.05, 3.63) is 47.3 Å². The van der Waals surface area contributed by atoms with Crippen LogP contribution in [-0.4, -0.2) is 40.5 Å². The second-order valence-electron chi connectivity index (χ2n) is 6.11. The number of nitrogens with zero attached hydrogens (tertiary/aromatic N) is 3. The number of hydrogen-bond donors (Lipinski definition) is 0. The molecule has 1 fully saturated rings. The molecule has 0 amide bonds. The second-order valence-corrected chi connectivity index (χ2v) is 6.11. The Morgan fingerprint density at radius 3 is 3.23 bits per heavy atom. The van der Waals surface area contributed by atoms with Gasteiger partial charge in [-0.15, -0.1) is 0 Å². The molecule has 2 unspecified atom stereocenters. The molecule has 0 saturated carbocycles. The Labute approximate surface area is 130 Å². The van der Waals surface area contributed by atoms with E-state index in [0.717, 1.165) is 38.5 Å². The van der Waals surface area contributed by atoms with Crippen molar-refractivity contribution in [3.63, 3.8) is 0 Å². The maximum atomic E-state index is 6.08. The van der Waals surface area contributed by atoms with Crippen LogP contribution in [0.25, 0.3) is 0 Å². The fourth-order valence-electron chi connectivity index (χ4n) is 3.07. The fraction of sp³-hybridized carbons (Fsp3) is 0.471. The van der Waals surface area contributed by atoms with Crippen LogP contribution in [0, 0.1) is 0 Å². The molecule has 0 radical (unpaired) electrons. The van der Waals surface area contributed by atoms with E-state index in [1.54, 1.807) is 0 Å². The molecule has 1 aromatic carbocycles. The third-order valence-corrected chi connectivity index (χ3v) is 4.39. The summed E-state index contributed by atoms with van der Waals surface area (Å²) in [5, 5.41) is 4.21. The van der Waals surface area contributed by atoms with Gasteiger partial charge in [0, 0.05) is 37.5 Å². The summed E-state index contributed by atoms with van der Waals surface area (Å²) in [6, 6.07) is 6.80. The summed E-state index contributed by atoms with van der Waals surface area (Å²) in [6.07, 6.45) is 4.96. The summed E-state index contributed by atoms with van der Waals surface area (Å²) in [6.45, 7) is 4.33. The number of ether oxygens (including phenoxy) is 2. The van der Waals surface area contributed by atoms with Crippen molar-refractivity contribution >= 4 is 0 Å². The summed E-state index contributed by atoms with van der Waals surface area (Å²) in [5.74, 6) is 1.04. The molecular formula is C17H21N3O2. The molecule has 116 valence electrons. The van der Waals surface area contributed by atoms with Gasteiger partial charge in [0.1, 0.15) is 12.4 Å². The van der Waals surface area contributed by atoms with Crippen LogP contribution < -0.4 is 4.74 Å². The van der Waals surface area contributed by atoms with Gasteiger partial charge in [-0.25, -0.2) is 0 Å². The predicted molar refractivity (Wildman–Crippen MR) is 82.7 cm³/mol. The first-order valence-electron chi connectivity index (χ1n) is 7.82. The first kappa shape index (κ1) is 13.8. The van der Waals surface area contributed by atoms with Crippen LogP contribution in [0.3, 0.4) is 0 Å². The molecule has 2 aromatic rings. The monoisotopic (exact) mass is 299 g/mol. The van der Waals surface area contributed by atoms with E-state index in [1.165, 1.54) is 16.7 Å². The molecular weight excluding hydrogens is 278 g/mol. The van der Waals surface area contributed by atoms with Crippen LogP contribution in [0.15, 0.2) is 30.6 Å².